The molecule has 0 atom stereocenters. The van der Waals surface area contributed by atoms with Crippen LogP contribution < -0.4 is 5.32 Å². The van der Waals surface area contributed by atoms with E-state index < -0.39 is 5.97 Å². The van der Waals surface area contributed by atoms with Gasteiger partial charge in [-0.25, -0.2) is 0 Å². The molecule has 2 fully saturated rings. The molecule has 0 bridgehead atoms. The van der Waals surface area contributed by atoms with E-state index in [9.17, 15) is 9.59 Å². The zero-order valence-electron chi connectivity index (χ0n) is 14.6. The minimum absolute atomic E-state index is 0.0756. The monoisotopic (exact) mass is 346 g/mol. The van der Waals surface area contributed by atoms with Crippen molar-refractivity contribution in [1.82, 2.24) is 10.2 Å². The van der Waals surface area contributed by atoms with Crippen LogP contribution in [0.1, 0.15) is 41.6 Å². The van der Waals surface area contributed by atoms with E-state index in [-0.39, 0.29) is 24.5 Å². The van der Waals surface area contributed by atoms with E-state index in [0.29, 0.717) is 18.1 Å². The van der Waals surface area contributed by atoms with Gasteiger partial charge in [0.25, 0.3) is 5.91 Å². The lowest BCUT2D eigenvalue weighted by molar-refractivity contribution is -0.139. The van der Waals surface area contributed by atoms with Crippen LogP contribution >= 0.6 is 0 Å². The number of hydrogen-bond donors (Lipinski definition) is 2. The van der Waals surface area contributed by atoms with E-state index in [1.165, 1.54) is 12.8 Å². The highest BCUT2D eigenvalue weighted by atomic mass is 16.5. The van der Waals surface area contributed by atoms with Crippen molar-refractivity contribution >= 4 is 11.9 Å². The fourth-order valence-corrected chi connectivity index (χ4v) is 3.39. The molecule has 1 aromatic carbocycles. The Labute approximate surface area is 148 Å². The van der Waals surface area contributed by atoms with Crippen LogP contribution in [0.2, 0.25) is 0 Å². The van der Waals surface area contributed by atoms with Crippen LogP contribution in [0.25, 0.3) is 0 Å². The Morgan fingerprint density at radius 3 is 2.72 bits per heavy atom. The zero-order valence-corrected chi connectivity index (χ0v) is 14.6. The van der Waals surface area contributed by atoms with Crippen LogP contribution in [-0.2, 0) is 16.1 Å². The summed E-state index contributed by atoms with van der Waals surface area (Å²) in [7, 11) is 1.63. The van der Waals surface area contributed by atoms with Crippen LogP contribution in [0, 0.1) is 5.92 Å². The van der Waals surface area contributed by atoms with Crippen LogP contribution in [0.5, 0.6) is 0 Å². The van der Waals surface area contributed by atoms with Gasteiger partial charge in [-0.2, -0.15) is 0 Å². The second kappa shape index (κ2) is 7.97. The number of methoxy groups -OCH3 is 1. The van der Waals surface area contributed by atoms with Gasteiger partial charge in [-0.05, 0) is 49.3 Å². The van der Waals surface area contributed by atoms with Gasteiger partial charge in [0.05, 0.1) is 13.2 Å². The number of nitrogens with one attached hydrogen (secondary N) is 1. The minimum Gasteiger partial charge on any atom is -0.480 e. The highest BCUT2D eigenvalue weighted by Gasteiger charge is 2.37. The van der Waals surface area contributed by atoms with Crippen molar-refractivity contribution < 1.29 is 19.4 Å². The molecule has 0 spiro atoms. The molecule has 6 nitrogen and oxygen atoms in total. The Balaban J connectivity index is 1.49. The topological polar surface area (TPSA) is 78.9 Å². The van der Waals surface area contributed by atoms with Crippen molar-refractivity contribution in [2.24, 2.45) is 5.92 Å². The Morgan fingerprint density at radius 1 is 1.32 bits per heavy atom. The van der Waals surface area contributed by atoms with Crippen LogP contribution in [-0.4, -0.2) is 54.2 Å². The number of carbonyl (C=O) groups excluding carboxylic acids is 1. The first-order valence-corrected chi connectivity index (χ1v) is 8.89. The molecule has 1 amide bonds. The number of rotatable bonds is 9. The summed E-state index contributed by atoms with van der Waals surface area (Å²) in [6.45, 7) is 1.45. The number of carbonyl (C=O) groups is 2. The van der Waals surface area contributed by atoms with E-state index >= 15 is 0 Å². The van der Waals surface area contributed by atoms with Crippen molar-refractivity contribution in [3.8, 4) is 0 Å². The number of hydrogen-bond acceptors (Lipinski definition) is 4. The Kier molecular flexibility index (Phi) is 5.71. The van der Waals surface area contributed by atoms with Gasteiger partial charge in [-0.15, -0.1) is 0 Å². The van der Waals surface area contributed by atoms with E-state index in [0.717, 1.165) is 24.9 Å². The third-order valence-electron chi connectivity index (χ3n) is 4.99. The molecule has 2 aliphatic rings. The Bertz CT molecular complexity index is 624. The molecular weight excluding hydrogens is 320 g/mol. The maximum absolute atomic E-state index is 12.4. The number of carboxylic acid groups (broad SMARTS) is 1. The third kappa shape index (κ3) is 5.03. The van der Waals surface area contributed by atoms with Gasteiger partial charge >= 0.3 is 5.97 Å². The summed E-state index contributed by atoms with van der Waals surface area (Å²) in [5.41, 5.74) is 1.61. The number of benzene rings is 1. The van der Waals surface area contributed by atoms with Crippen molar-refractivity contribution in [2.45, 2.75) is 44.4 Å². The molecule has 6 heteroatoms. The lowest BCUT2D eigenvalue weighted by Gasteiger charge is -2.42. The van der Waals surface area contributed by atoms with Crippen molar-refractivity contribution in [3.63, 3.8) is 0 Å². The lowest BCUT2D eigenvalue weighted by atomic mass is 9.85. The maximum Gasteiger partial charge on any atom is 0.317 e. The van der Waals surface area contributed by atoms with Gasteiger partial charge < -0.3 is 15.2 Å². The van der Waals surface area contributed by atoms with Gasteiger partial charge in [-0.1, -0.05) is 12.1 Å². The molecule has 0 saturated heterocycles. The summed E-state index contributed by atoms with van der Waals surface area (Å²) in [6, 6.07) is 7.83. The number of aliphatic carboxylic acids is 1. The first kappa shape index (κ1) is 17.9. The first-order chi connectivity index (χ1) is 12.0. The highest BCUT2D eigenvalue weighted by Crippen LogP contribution is 2.33. The van der Waals surface area contributed by atoms with Gasteiger partial charge in [0, 0.05) is 31.3 Å². The van der Waals surface area contributed by atoms with Gasteiger partial charge in [-0.3, -0.25) is 14.5 Å². The summed E-state index contributed by atoms with van der Waals surface area (Å²) in [5.74, 6) is -0.187. The standard InChI is InChI=1S/C19H26N2O4/c1-25-12-14-3-2-4-15(7-14)19(24)20-16-8-17(9-16)21(11-18(22)23)10-13-5-6-13/h2-4,7,13,16-17H,5-6,8-12H2,1H3,(H,20,24)(H,22,23). The number of carboxylic acids is 1. The van der Waals surface area contributed by atoms with Gasteiger partial charge in [0.15, 0.2) is 0 Å². The van der Waals surface area contributed by atoms with Gasteiger partial charge in [0.1, 0.15) is 0 Å². The van der Waals surface area contributed by atoms with E-state index in [1.807, 2.05) is 18.2 Å². The number of amides is 1. The molecule has 1 aromatic rings. The smallest absolute Gasteiger partial charge is 0.317 e. The fourth-order valence-electron chi connectivity index (χ4n) is 3.39. The summed E-state index contributed by atoms with van der Waals surface area (Å²) < 4.78 is 5.10. The molecule has 0 heterocycles. The molecule has 0 unspecified atom stereocenters. The predicted molar refractivity (Wildman–Crippen MR) is 93.4 cm³/mol. The van der Waals surface area contributed by atoms with E-state index in [1.54, 1.807) is 13.2 Å². The van der Waals surface area contributed by atoms with Crippen LogP contribution in [0.15, 0.2) is 24.3 Å². The molecule has 2 aliphatic carbocycles. The van der Waals surface area contributed by atoms with Gasteiger partial charge in [0.2, 0.25) is 0 Å². The lowest BCUT2D eigenvalue weighted by Crippen LogP contribution is -2.55. The summed E-state index contributed by atoms with van der Waals surface area (Å²) in [6.07, 6.45) is 4.06. The summed E-state index contributed by atoms with van der Waals surface area (Å²) in [4.78, 5) is 25.5. The molecule has 25 heavy (non-hydrogen) atoms. The normalized spacial score (nSPS) is 22.5. The van der Waals surface area contributed by atoms with Crippen molar-refractivity contribution in [3.05, 3.63) is 35.4 Å². The Morgan fingerprint density at radius 2 is 2.08 bits per heavy atom. The van der Waals surface area contributed by atoms with Crippen molar-refractivity contribution in [2.75, 3.05) is 20.2 Å². The minimum atomic E-state index is -0.775. The summed E-state index contributed by atoms with van der Waals surface area (Å²) in [5, 5.41) is 12.1. The SMILES string of the molecule is COCc1cccc(C(=O)NC2CC(N(CC(=O)O)CC3CC3)C2)c1. The predicted octanol–water partition coefficient (Wildman–Crippen LogP) is 1.89. The first-order valence-electron chi connectivity index (χ1n) is 8.89. The number of nitrogens with zero attached hydrogens (tertiary/aromatic N) is 1. The zero-order chi connectivity index (χ0) is 17.8. The molecule has 3 rings (SSSR count). The second-order valence-corrected chi connectivity index (χ2v) is 7.20. The van der Waals surface area contributed by atoms with Crippen LogP contribution in [0.3, 0.4) is 0 Å². The number of ether oxygens (including phenoxy) is 1. The largest absolute Gasteiger partial charge is 0.480 e. The molecule has 2 N–H and O–H groups in total. The summed E-state index contributed by atoms with van der Waals surface area (Å²) >= 11 is 0. The quantitative estimate of drug-likeness (QED) is 0.714. The molecule has 0 aliphatic heterocycles. The second-order valence-electron chi connectivity index (χ2n) is 7.20. The molecular formula is C19H26N2O4. The molecule has 0 aromatic heterocycles. The average molecular weight is 346 g/mol. The molecule has 0 radical (unpaired) electrons. The van der Waals surface area contributed by atoms with Crippen molar-refractivity contribution in [1.29, 1.82) is 0 Å². The maximum atomic E-state index is 12.4. The third-order valence-corrected chi connectivity index (χ3v) is 4.99. The highest BCUT2D eigenvalue weighted by molar-refractivity contribution is 5.94. The molecule has 136 valence electrons. The Hall–Kier alpha value is -1.92. The average Bonchev–Trinajstić information content (AvgIpc) is 3.34. The molecule has 2 saturated carbocycles. The van der Waals surface area contributed by atoms with Crippen LogP contribution in [0.4, 0.5) is 0 Å². The fraction of sp³-hybridized carbons (Fsp3) is 0.579. The van der Waals surface area contributed by atoms with E-state index in [4.69, 9.17) is 9.84 Å². The van der Waals surface area contributed by atoms with E-state index in [2.05, 4.69) is 10.2 Å².